The first-order valence-electron chi connectivity index (χ1n) is 10.6. The van der Waals surface area contributed by atoms with Gasteiger partial charge in [-0.3, -0.25) is 4.90 Å². The molecule has 4 nitrogen and oxygen atoms in total. The highest BCUT2D eigenvalue weighted by Gasteiger charge is 2.30. The van der Waals surface area contributed by atoms with Crippen LogP contribution in [0.2, 0.25) is 5.02 Å². The summed E-state index contributed by atoms with van der Waals surface area (Å²) < 4.78 is 16.8. The van der Waals surface area contributed by atoms with Crippen molar-refractivity contribution in [3.05, 3.63) is 87.9 Å². The molecule has 0 radical (unpaired) electrons. The maximum Gasteiger partial charge on any atom is 0.161 e. The van der Waals surface area contributed by atoms with Gasteiger partial charge in [0, 0.05) is 18.1 Å². The number of methoxy groups -OCH3 is 2. The fourth-order valence-corrected chi connectivity index (χ4v) is 4.53. The van der Waals surface area contributed by atoms with Crippen LogP contribution in [0.15, 0.2) is 60.7 Å². The molecule has 0 saturated carbocycles. The van der Waals surface area contributed by atoms with E-state index in [2.05, 4.69) is 41.3 Å². The average molecular weight is 438 g/mol. The van der Waals surface area contributed by atoms with Crippen molar-refractivity contribution in [2.75, 3.05) is 27.4 Å². The number of nitrogens with zero attached hydrogens (tertiary/aromatic N) is 1. The van der Waals surface area contributed by atoms with Crippen LogP contribution in [0.3, 0.4) is 0 Å². The van der Waals surface area contributed by atoms with E-state index in [9.17, 15) is 0 Å². The summed E-state index contributed by atoms with van der Waals surface area (Å²) in [6.07, 6.45) is 0.948. The van der Waals surface area contributed by atoms with Crippen molar-refractivity contribution in [1.82, 2.24) is 4.90 Å². The smallest absolute Gasteiger partial charge is 0.161 e. The van der Waals surface area contributed by atoms with E-state index in [1.165, 1.54) is 22.3 Å². The zero-order chi connectivity index (χ0) is 21.8. The molecule has 0 fully saturated rings. The second-order valence-electron chi connectivity index (χ2n) is 7.66. The monoisotopic (exact) mass is 437 g/mol. The van der Waals surface area contributed by atoms with Gasteiger partial charge in [-0.2, -0.15) is 0 Å². The number of fused-ring (bicyclic) bond motifs is 1. The molecule has 1 aliphatic heterocycles. The van der Waals surface area contributed by atoms with Gasteiger partial charge in [-0.15, -0.1) is 0 Å². The molecule has 0 aromatic heterocycles. The van der Waals surface area contributed by atoms with Crippen molar-refractivity contribution in [3.63, 3.8) is 0 Å². The number of ether oxygens (including phenoxy) is 3. The molecule has 4 rings (SSSR count). The van der Waals surface area contributed by atoms with Gasteiger partial charge in [0.1, 0.15) is 5.75 Å². The van der Waals surface area contributed by atoms with Crippen LogP contribution in [0.25, 0.3) is 0 Å². The lowest BCUT2D eigenvalue weighted by Gasteiger charge is -2.38. The largest absolute Gasteiger partial charge is 0.494 e. The molecule has 0 aliphatic carbocycles. The van der Waals surface area contributed by atoms with Crippen LogP contribution >= 0.6 is 11.6 Å². The van der Waals surface area contributed by atoms with Crippen LogP contribution in [0.1, 0.15) is 35.2 Å². The Labute approximate surface area is 189 Å². The first-order valence-corrected chi connectivity index (χ1v) is 11.0. The molecule has 1 heterocycles. The highest BCUT2D eigenvalue weighted by molar-refractivity contribution is 6.30. The molecular formula is C26H28ClNO3. The van der Waals surface area contributed by atoms with Crippen molar-refractivity contribution >= 4 is 11.6 Å². The van der Waals surface area contributed by atoms with Gasteiger partial charge in [0.15, 0.2) is 11.5 Å². The summed E-state index contributed by atoms with van der Waals surface area (Å²) in [7, 11) is 3.36. The standard InChI is InChI=1S/C26H28ClNO3/c1-4-31-22-10-8-18(9-11-22)17-28-13-12-19-15-24(29-2)25(30-3)16-23(19)26(28)20-6-5-7-21(27)14-20/h5-11,14-16,26H,4,12-13,17H2,1-3H3/t26-/m0/s1. The van der Waals surface area contributed by atoms with E-state index >= 15 is 0 Å². The van der Waals surface area contributed by atoms with Crippen molar-refractivity contribution < 1.29 is 14.2 Å². The van der Waals surface area contributed by atoms with Gasteiger partial charge in [0.2, 0.25) is 0 Å². The Morgan fingerprint density at radius 1 is 0.968 bits per heavy atom. The molecule has 3 aromatic carbocycles. The van der Waals surface area contributed by atoms with Gasteiger partial charge in [0.05, 0.1) is 26.9 Å². The quantitative estimate of drug-likeness (QED) is 0.460. The molecule has 5 heteroatoms. The van der Waals surface area contributed by atoms with E-state index in [0.29, 0.717) is 6.61 Å². The summed E-state index contributed by atoms with van der Waals surface area (Å²) in [6, 6.07) is 20.8. The highest BCUT2D eigenvalue weighted by Crippen LogP contribution is 2.42. The zero-order valence-electron chi connectivity index (χ0n) is 18.2. The van der Waals surface area contributed by atoms with Gasteiger partial charge in [0.25, 0.3) is 0 Å². The first kappa shape index (κ1) is 21.5. The summed E-state index contributed by atoms with van der Waals surface area (Å²) in [4.78, 5) is 2.50. The second kappa shape index (κ2) is 9.63. The molecule has 0 bridgehead atoms. The van der Waals surface area contributed by atoms with Crippen molar-refractivity contribution in [2.24, 2.45) is 0 Å². The third kappa shape index (κ3) is 4.65. The molecule has 0 unspecified atom stereocenters. The number of hydrogen-bond donors (Lipinski definition) is 0. The molecule has 31 heavy (non-hydrogen) atoms. The molecule has 1 aliphatic rings. The highest BCUT2D eigenvalue weighted by atomic mass is 35.5. The van der Waals surface area contributed by atoms with Crippen molar-refractivity contribution in [3.8, 4) is 17.2 Å². The van der Waals surface area contributed by atoms with E-state index in [1.54, 1.807) is 14.2 Å². The van der Waals surface area contributed by atoms with Gasteiger partial charge in [-0.1, -0.05) is 35.9 Å². The maximum atomic E-state index is 6.38. The minimum Gasteiger partial charge on any atom is -0.494 e. The van der Waals surface area contributed by atoms with E-state index in [4.69, 9.17) is 25.8 Å². The van der Waals surface area contributed by atoms with E-state index in [1.807, 2.05) is 31.2 Å². The molecular weight excluding hydrogens is 410 g/mol. The normalized spacial score (nSPS) is 15.9. The maximum absolute atomic E-state index is 6.38. The van der Waals surface area contributed by atoms with Gasteiger partial charge in [-0.25, -0.2) is 0 Å². The molecule has 1 atom stereocenters. The molecule has 0 N–H and O–H groups in total. The Bertz CT molecular complexity index is 1040. The molecule has 0 saturated heterocycles. The third-order valence-electron chi connectivity index (χ3n) is 5.76. The van der Waals surface area contributed by atoms with Crippen molar-refractivity contribution in [1.29, 1.82) is 0 Å². The SMILES string of the molecule is CCOc1ccc(CN2CCc3cc(OC)c(OC)cc3[C@@H]2c2cccc(Cl)c2)cc1. The average Bonchev–Trinajstić information content (AvgIpc) is 2.79. The summed E-state index contributed by atoms with van der Waals surface area (Å²) >= 11 is 6.38. The van der Waals surface area contributed by atoms with Gasteiger partial charge >= 0.3 is 0 Å². The number of halogens is 1. The fraction of sp³-hybridized carbons (Fsp3) is 0.308. The van der Waals surface area contributed by atoms with E-state index in [-0.39, 0.29) is 6.04 Å². The van der Waals surface area contributed by atoms with E-state index < -0.39 is 0 Å². The van der Waals surface area contributed by atoms with E-state index in [0.717, 1.165) is 41.8 Å². The number of rotatable bonds is 7. The predicted octanol–water partition coefficient (Wildman–Crippen LogP) is 5.90. The molecule has 3 aromatic rings. The Kier molecular flexibility index (Phi) is 6.69. The number of hydrogen-bond acceptors (Lipinski definition) is 4. The number of benzene rings is 3. The predicted molar refractivity (Wildman–Crippen MR) is 125 cm³/mol. The van der Waals surface area contributed by atoms with Crippen molar-refractivity contribution in [2.45, 2.75) is 25.9 Å². The summed E-state index contributed by atoms with van der Waals surface area (Å²) in [5.74, 6) is 2.42. The van der Waals surface area contributed by atoms with Gasteiger partial charge < -0.3 is 14.2 Å². The zero-order valence-corrected chi connectivity index (χ0v) is 19.0. The van der Waals surface area contributed by atoms with Gasteiger partial charge in [-0.05, 0) is 72.0 Å². The minimum absolute atomic E-state index is 0.0776. The van der Waals surface area contributed by atoms with Crippen LogP contribution < -0.4 is 14.2 Å². The topological polar surface area (TPSA) is 30.9 Å². The lowest BCUT2D eigenvalue weighted by Crippen LogP contribution is -2.35. The second-order valence-corrected chi connectivity index (χ2v) is 8.10. The molecule has 162 valence electrons. The Morgan fingerprint density at radius 2 is 1.71 bits per heavy atom. The van der Waals surface area contributed by atoms with Crippen LogP contribution in [-0.2, 0) is 13.0 Å². The minimum atomic E-state index is 0.0776. The third-order valence-corrected chi connectivity index (χ3v) is 5.99. The van der Waals surface area contributed by atoms with Crippen LogP contribution in [-0.4, -0.2) is 32.3 Å². The van der Waals surface area contributed by atoms with Crippen LogP contribution in [0.5, 0.6) is 17.2 Å². The summed E-state index contributed by atoms with van der Waals surface area (Å²) in [6.45, 7) is 4.44. The fourth-order valence-electron chi connectivity index (χ4n) is 4.33. The first-order chi connectivity index (χ1) is 15.1. The Morgan fingerprint density at radius 3 is 2.39 bits per heavy atom. The Hall–Kier alpha value is -2.69. The molecule has 0 spiro atoms. The Balaban J connectivity index is 1.73. The summed E-state index contributed by atoms with van der Waals surface area (Å²) in [5.41, 5.74) is 4.94. The van der Waals surface area contributed by atoms with Crippen LogP contribution in [0, 0.1) is 0 Å². The lowest BCUT2D eigenvalue weighted by molar-refractivity contribution is 0.203. The molecule has 0 amide bonds. The summed E-state index contributed by atoms with van der Waals surface area (Å²) in [5, 5.41) is 0.742. The van der Waals surface area contributed by atoms with Crippen LogP contribution in [0.4, 0.5) is 0 Å². The lowest BCUT2D eigenvalue weighted by atomic mass is 9.87.